The van der Waals surface area contributed by atoms with Crippen LogP contribution in [0.4, 0.5) is 18.9 Å². The average molecular weight is 217 g/mol. The van der Waals surface area contributed by atoms with Crippen LogP contribution in [0.5, 0.6) is 5.75 Å². The van der Waals surface area contributed by atoms with Crippen molar-refractivity contribution in [2.75, 3.05) is 5.73 Å². The highest BCUT2D eigenvalue weighted by Crippen LogP contribution is 2.32. The molecule has 7 heteroatoms. The van der Waals surface area contributed by atoms with E-state index in [2.05, 4.69) is 9.72 Å². The van der Waals surface area contributed by atoms with Crippen LogP contribution in [0.2, 0.25) is 0 Å². The van der Waals surface area contributed by atoms with Crippen molar-refractivity contribution in [3.63, 3.8) is 0 Å². The van der Waals surface area contributed by atoms with E-state index in [1.54, 1.807) is 0 Å². The highest BCUT2D eigenvalue weighted by molar-refractivity contribution is 5.62. The first kappa shape index (κ1) is 11.1. The Morgan fingerprint density at radius 2 is 2.13 bits per heavy atom. The molecule has 0 aromatic carbocycles. The van der Waals surface area contributed by atoms with Gasteiger partial charge in [-0.25, -0.2) is 4.98 Å². The lowest BCUT2D eigenvalue weighted by atomic mass is 10.2. The van der Waals surface area contributed by atoms with Crippen molar-refractivity contribution in [2.45, 2.75) is 13.3 Å². The summed E-state index contributed by atoms with van der Waals surface area (Å²) in [6.07, 6.45) is -3.69. The Morgan fingerprint density at radius 3 is 2.60 bits per heavy atom. The van der Waals surface area contributed by atoms with Gasteiger partial charge in [0.25, 0.3) is 0 Å². The fraction of sp³-hybridized carbons (Fsp3) is 0.250. The highest BCUT2D eigenvalue weighted by Gasteiger charge is 2.33. The first-order valence-electron chi connectivity index (χ1n) is 3.76. The van der Waals surface area contributed by atoms with Crippen molar-refractivity contribution in [3.8, 4) is 11.8 Å². The molecule has 0 aliphatic carbocycles. The zero-order valence-corrected chi connectivity index (χ0v) is 7.59. The molecule has 0 bridgehead atoms. The Bertz CT molecular complexity index is 422. The molecular weight excluding hydrogens is 211 g/mol. The van der Waals surface area contributed by atoms with Crippen LogP contribution in [0.3, 0.4) is 0 Å². The zero-order chi connectivity index (χ0) is 11.6. The van der Waals surface area contributed by atoms with Gasteiger partial charge in [0.15, 0.2) is 11.4 Å². The molecule has 0 unspecified atom stereocenters. The first-order chi connectivity index (χ1) is 6.85. The predicted octanol–water partition coefficient (Wildman–Crippen LogP) is 1.74. The molecule has 0 saturated heterocycles. The van der Waals surface area contributed by atoms with Crippen LogP contribution in [0.15, 0.2) is 6.20 Å². The molecule has 0 spiro atoms. The Hall–Kier alpha value is -1.97. The van der Waals surface area contributed by atoms with E-state index in [4.69, 9.17) is 11.0 Å². The summed E-state index contributed by atoms with van der Waals surface area (Å²) in [7, 11) is 0. The van der Waals surface area contributed by atoms with Crippen molar-refractivity contribution < 1.29 is 17.9 Å². The third-order valence-electron chi connectivity index (χ3n) is 1.60. The third kappa shape index (κ3) is 2.49. The van der Waals surface area contributed by atoms with Gasteiger partial charge in [0.05, 0.1) is 5.69 Å². The summed E-state index contributed by atoms with van der Waals surface area (Å²) in [6.45, 7) is 1.47. The summed E-state index contributed by atoms with van der Waals surface area (Å²) in [4.78, 5) is 3.48. The summed E-state index contributed by atoms with van der Waals surface area (Å²) in [5.74, 6) is -0.745. The SMILES string of the molecule is Cc1cnc(C#N)c(OC(F)(F)F)c1N. The number of anilines is 1. The van der Waals surface area contributed by atoms with Crippen LogP contribution in [-0.4, -0.2) is 11.3 Å². The minimum absolute atomic E-state index is 0.237. The van der Waals surface area contributed by atoms with Crippen molar-refractivity contribution >= 4 is 5.69 Å². The number of hydrogen-bond acceptors (Lipinski definition) is 4. The molecule has 15 heavy (non-hydrogen) atoms. The zero-order valence-electron chi connectivity index (χ0n) is 7.59. The molecule has 0 radical (unpaired) electrons. The number of rotatable bonds is 1. The summed E-state index contributed by atoms with van der Waals surface area (Å²) in [6, 6.07) is 1.47. The number of nitrogens with zero attached hydrogens (tertiary/aromatic N) is 2. The van der Waals surface area contributed by atoms with E-state index in [0.717, 1.165) is 0 Å². The second-order valence-electron chi connectivity index (χ2n) is 2.69. The molecule has 1 aromatic rings. The average Bonchev–Trinajstić information content (AvgIpc) is 2.11. The van der Waals surface area contributed by atoms with Crippen molar-refractivity contribution in [2.24, 2.45) is 0 Å². The molecule has 0 aliphatic rings. The van der Waals surface area contributed by atoms with Gasteiger partial charge in [0.1, 0.15) is 6.07 Å². The van der Waals surface area contributed by atoms with E-state index in [-0.39, 0.29) is 5.69 Å². The van der Waals surface area contributed by atoms with Gasteiger partial charge in [-0.2, -0.15) is 5.26 Å². The smallest absolute Gasteiger partial charge is 0.400 e. The van der Waals surface area contributed by atoms with Gasteiger partial charge in [-0.1, -0.05) is 0 Å². The summed E-state index contributed by atoms with van der Waals surface area (Å²) in [5, 5.41) is 8.52. The van der Waals surface area contributed by atoms with Gasteiger partial charge in [-0.15, -0.1) is 13.2 Å². The fourth-order valence-corrected chi connectivity index (χ4v) is 0.895. The largest absolute Gasteiger partial charge is 0.573 e. The molecular formula is C8H6F3N3O. The molecule has 1 heterocycles. The number of nitriles is 1. The number of aromatic nitrogens is 1. The predicted molar refractivity (Wildman–Crippen MR) is 44.8 cm³/mol. The van der Waals surface area contributed by atoms with E-state index in [9.17, 15) is 13.2 Å². The monoisotopic (exact) mass is 217 g/mol. The summed E-state index contributed by atoms with van der Waals surface area (Å²) in [5.41, 5.74) is 4.94. The molecule has 0 fully saturated rings. The van der Waals surface area contributed by atoms with Gasteiger partial charge in [-0.3, -0.25) is 0 Å². The number of hydrogen-bond donors (Lipinski definition) is 1. The van der Waals surface area contributed by atoms with E-state index in [1.807, 2.05) is 0 Å². The molecule has 0 atom stereocenters. The third-order valence-corrected chi connectivity index (χ3v) is 1.60. The Balaban J connectivity index is 3.26. The van der Waals surface area contributed by atoms with Gasteiger partial charge < -0.3 is 10.5 Å². The molecule has 1 rings (SSSR count). The summed E-state index contributed by atoms with van der Waals surface area (Å²) >= 11 is 0. The second-order valence-corrected chi connectivity index (χ2v) is 2.69. The minimum atomic E-state index is -4.89. The number of pyridine rings is 1. The molecule has 4 nitrogen and oxygen atoms in total. The lowest BCUT2D eigenvalue weighted by Crippen LogP contribution is -2.19. The standard InChI is InChI=1S/C8H6F3N3O/c1-4-3-14-5(2-12)7(6(4)13)15-8(9,10)11/h3H,1H3,(H2,13,14). The number of nitrogens with two attached hydrogens (primary N) is 1. The maximum atomic E-state index is 12.0. The molecule has 1 aromatic heterocycles. The van der Waals surface area contributed by atoms with Crippen molar-refractivity contribution in [3.05, 3.63) is 17.5 Å². The van der Waals surface area contributed by atoms with Crippen LogP contribution < -0.4 is 10.5 Å². The van der Waals surface area contributed by atoms with Gasteiger partial charge >= 0.3 is 6.36 Å². The lowest BCUT2D eigenvalue weighted by molar-refractivity contribution is -0.274. The number of ether oxygens (including phenoxy) is 1. The number of alkyl halides is 3. The van der Waals surface area contributed by atoms with Gasteiger partial charge in [0, 0.05) is 6.20 Å². The minimum Gasteiger partial charge on any atom is -0.400 e. The van der Waals surface area contributed by atoms with Crippen molar-refractivity contribution in [1.29, 1.82) is 5.26 Å². The van der Waals surface area contributed by atoms with E-state index in [0.29, 0.717) is 5.56 Å². The van der Waals surface area contributed by atoms with Crippen molar-refractivity contribution in [1.82, 2.24) is 4.98 Å². The quantitative estimate of drug-likeness (QED) is 0.777. The van der Waals surface area contributed by atoms with Crippen LogP contribution in [-0.2, 0) is 0 Å². The summed E-state index contributed by atoms with van der Waals surface area (Å²) < 4.78 is 39.5. The van der Waals surface area contributed by atoms with E-state index in [1.165, 1.54) is 19.2 Å². The molecule has 0 saturated carbocycles. The number of nitrogen functional groups attached to an aromatic ring is 1. The Kier molecular flexibility index (Phi) is 2.70. The Morgan fingerprint density at radius 1 is 1.53 bits per heavy atom. The van der Waals surface area contributed by atoms with Gasteiger partial charge in [-0.05, 0) is 12.5 Å². The lowest BCUT2D eigenvalue weighted by Gasteiger charge is -2.12. The van der Waals surface area contributed by atoms with Gasteiger partial charge in [0.2, 0.25) is 0 Å². The van der Waals surface area contributed by atoms with E-state index >= 15 is 0 Å². The normalized spacial score (nSPS) is 10.9. The highest BCUT2D eigenvalue weighted by atomic mass is 19.4. The van der Waals surface area contributed by atoms with E-state index < -0.39 is 17.8 Å². The Labute approximate surface area is 83.1 Å². The molecule has 0 aliphatic heterocycles. The molecule has 2 N–H and O–H groups in total. The van der Waals surface area contributed by atoms with Crippen LogP contribution in [0.1, 0.15) is 11.3 Å². The molecule has 0 amide bonds. The number of halogens is 3. The topological polar surface area (TPSA) is 71.9 Å². The van der Waals surface area contributed by atoms with Crippen LogP contribution in [0, 0.1) is 18.3 Å². The number of aryl methyl sites for hydroxylation is 1. The molecule has 80 valence electrons. The maximum Gasteiger partial charge on any atom is 0.573 e. The van der Waals surface area contributed by atoms with Crippen LogP contribution >= 0.6 is 0 Å². The van der Waals surface area contributed by atoms with Crippen LogP contribution in [0.25, 0.3) is 0 Å². The maximum absolute atomic E-state index is 12.0. The first-order valence-corrected chi connectivity index (χ1v) is 3.76. The second kappa shape index (κ2) is 3.65. The fourth-order valence-electron chi connectivity index (χ4n) is 0.895.